The molecular weight excluding hydrogens is 711 g/mol. The molecule has 0 amide bonds. The molecular formula is C58H35N. The standard InChI is InChI=1S/C58H35N/c1-3-18-42-40(16-1)41-17-2-4-19-43(41)47-33-31-39(59-54-26-11-9-23-48(54)44-20-5-6-21-45(44)49-24-10-12-27-55(49)59)35-52(47)53-34-38-29-28-36-14-13-15-37-30-32-51(57(38)56(36)37)58(53)50-25-8-7-22-46(42)50/h1-35H. The van der Waals surface area contributed by atoms with Crippen molar-refractivity contribution in [1.29, 1.82) is 0 Å². The largest absolute Gasteiger partial charge is 0.309 e. The molecule has 0 unspecified atom stereocenters. The topological polar surface area (TPSA) is 3.24 Å². The predicted octanol–water partition coefficient (Wildman–Crippen LogP) is 16.6. The molecule has 0 radical (unpaired) electrons. The van der Waals surface area contributed by atoms with Crippen molar-refractivity contribution < 1.29 is 0 Å². The van der Waals surface area contributed by atoms with E-state index >= 15 is 0 Å². The van der Waals surface area contributed by atoms with Crippen molar-refractivity contribution in [2.75, 3.05) is 4.90 Å². The number of para-hydroxylation sites is 2. The number of benzene rings is 11. The SMILES string of the molecule is c1ccc2c(c1)-c1ccccc1N(c1ccc3c4ccccc4c4ccccc4c4ccccc4c4c(cc5ccc6cccc7ccc4c5c67)c3c1)c1ccccc1-2. The Morgan fingerprint density at radius 1 is 0.220 bits per heavy atom. The van der Waals surface area contributed by atoms with Gasteiger partial charge in [-0.3, -0.25) is 0 Å². The van der Waals surface area contributed by atoms with E-state index in [2.05, 4.69) is 217 Å². The van der Waals surface area contributed by atoms with E-state index in [1.165, 1.54) is 120 Å². The fourth-order valence-corrected chi connectivity index (χ4v) is 10.4. The van der Waals surface area contributed by atoms with Crippen molar-refractivity contribution in [3.63, 3.8) is 0 Å². The summed E-state index contributed by atoms with van der Waals surface area (Å²) in [6.07, 6.45) is 0. The molecule has 0 fully saturated rings. The van der Waals surface area contributed by atoms with Crippen LogP contribution in [0.1, 0.15) is 0 Å². The minimum Gasteiger partial charge on any atom is -0.309 e. The van der Waals surface area contributed by atoms with Crippen LogP contribution in [0.4, 0.5) is 17.1 Å². The Labute approximate surface area is 341 Å². The molecule has 0 aromatic heterocycles. The quantitative estimate of drug-likeness (QED) is 0.151. The Hall–Kier alpha value is -7.74. The van der Waals surface area contributed by atoms with Gasteiger partial charge in [-0.25, -0.2) is 0 Å². The molecule has 12 aromatic rings. The van der Waals surface area contributed by atoms with E-state index in [9.17, 15) is 0 Å². The van der Waals surface area contributed by atoms with Crippen molar-refractivity contribution in [1.82, 2.24) is 0 Å². The number of hydrogen-bond donors (Lipinski definition) is 0. The van der Waals surface area contributed by atoms with Crippen LogP contribution in [0.3, 0.4) is 0 Å². The van der Waals surface area contributed by atoms with Gasteiger partial charge in [0.2, 0.25) is 0 Å². The summed E-state index contributed by atoms with van der Waals surface area (Å²) in [4.78, 5) is 2.49. The molecule has 12 aromatic carbocycles. The molecule has 0 spiro atoms. The molecule has 0 aliphatic carbocycles. The maximum absolute atomic E-state index is 2.49. The molecule has 59 heavy (non-hydrogen) atoms. The van der Waals surface area contributed by atoms with Crippen molar-refractivity contribution in [2.45, 2.75) is 0 Å². The average molecular weight is 746 g/mol. The second-order valence-electron chi connectivity index (χ2n) is 15.9. The summed E-state index contributed by atoms with van der Waals surface area (Å²) in [6.45, 7) is 0. The summed E-state index contributed by atoms with van der Waals surface area (Å²) in [7, 11) is 0. The maximum Gasteiger partial charge on any atom is 0.0540 e. The van der Waals surface area contributed by atoms with Gasteiger partial charge < -0.3 is 4.90 Å². The summed E-state index contributed by atoms with van der Waals surface area (Å²) in [5.74, 6) is 0. The van der Waals surface area contributed by atoms with Gasteiger partial charge in [-0.1, -0.05) is 182 Å². The lowest BCUT2D eigenvalue weighted by atomic mass is 9.88. The molecule has 0 bridgehead atoms. The number of hydrogen-bond acceptors (Lipinski definition) is 1. The fourth-order valence-electron chi connectivity index (χ4n) is 10.4. The highest BCUT2D eigenvalue weighted by Gasteiger charge is 2.26. The van der Waals surface area contributed by atoms with Gasteiger partial charge in [-0.05, 0) is 128 Å². The molecule has 0 saturated carbocycles. The zero-order valence-corrected chi connectivity index (χ0v) is 32.2. The van der Waals surface area contributed by atoms with Crippen LogP contribution in [-0.2, 0) is 0 Å². The second-order valence-corrected chi connectivity index (χ2v) is 15.9. The third kappa shape index (κ3) is 4.62. The van der Waals surface area contributed by atoms with Gasteiger partial charge in [0.05, 0.1) is 11.4 Å². The van der Waals surface area contributed by atoms with Gasteiger partial charge in [0.1, 0.15) is 0 Å². The molecule has 1 heterocycles. The number of anilines is 3. The first-order valence-electron chi connectivity index (χ1n) is 20.5. The smallest absolute Gasteiger partial charge is 0.0540 e. The first-order chi connectivity index (χ1) is 29.3. The van der Waals surface area contributed by atoms with Gasteiger partial charge in [0, 0.05) is 16.8 Å². The predicted molar refractivity (Wildman–Crippen MR) is 254 cm³/mol. The minimum atomic E-state index is 1.12. The maximum atomic E-state index is 2.49. The molecule has 1 aliphatic heterocycles. The number of nitrogens with zero attached hydrogens (tertiary/aromatic N) is 1. The van der Waals surface area contributed by atoms with E-state index in [0.717, 1.165) is 5.69 Å². The van der Waals surface area contributed by atoms with Crippen LogP contribution < -0.4 is 4.90 Å². The van der Waals surface area contributed by atoms with Crippen LogP contribution in [-0.4, -0.2) is 0 Å². The van der Waals surface area contributed by atoms with Crippen LogP contribution in [0.2, 0.25) is 0 Å². The molecule has 1 aliphatic rings. The van der Waals surface area contributed by atoms with Crippen molar-refractivity contribution in [3.8, 4) is 22.3 Å². The zero-order chi connectivity index (χ0) is 38.6. The molecule has 1 heteroatoms. The lowest BCUT2D eigenvalue weighted by Gasteiger charge is -2.27. The van der Waals surface area contributed by atoms with Crippen molar-refractivity contribution >= 4 is 103 Å². The lowest BCUT2D eigenvalue weighted by Crippen LogP contribution is -2.10. The minimum absolute atomic E-state index is 1.12. The van der Waals surface area contributed by atoms with Gasteiger partial charge in [0.15, 0.2) is 0 Å². The van der Waals surface area contributed by atoms with Gasteiger partial charge in [-0.15, -0.1) is 0 Å². The normalized spacial score (nSPS) is 12.4. The van der Waals surface area contributed by atoms with E-state index < -0.39 is 0 Å². The monoisotopic (exact) mass is 745 g/mol. The van der Waals surface area contributed by atoms with E-state index in [0.29, 0.717) is 0 Å². The van der Waals surface area contributed by atoms with Gasteiger partial charge in [-0.2, -0.15) is 0 Å². The molecule has 0 atom stereocenters. The van der Waals surface area contributed by atoms with Crippen molar-refractivity contribution in [2.24, 2.45) is 0 Å². The average Bonchev–Trinajstić information content (AvgIpc) is 3.43. The highest BCUT2D eigenvalue weighted by Crippen LogP contribution is 2.52. The summed E-state index contributed by atoms with van der Waals surface area (Å²) in [5, 5.41) is 20.1. The van der Waals surface area contributed by atoms with Crippen LogP contribution in [0.25, 0.3) is 108 Å². The highest BCUT2D eigenvalue weighted by molar-refractivity contribution is 6.36. The molecule has 272 valence electrons. The van der Waals surface area contributed by atoms with E-state index in [-0.39, 0.29) is 0 Å². The van der Waals surface area contributed by atoms with Crippen LogP contribution >= 0.6 is 0 Å². The first kappa shape index (κ1) is 32.4. The lowest BCUT2D eigenvalue weighted by molar-refractivity contribution is 1.30. The van der Waals surface area contributed by atoms with E-state index in [4.69, 9.17) is 0 Å². The highest BCUT2D eigenvalue weighted by atomic mass is 15.1. The zero-order valence-electron chi connectivity index (χ0n) is 32.2. The third-order valence-electron chi connectivity index (χ3n) is 12.9. The fraction of sp³-hybridized carbons (Fsp3) is 0. The third-order valence-corrected chi connectivity index (χ3v) is 12.9. The number of fused-ring (bicyclic) bond motifs is 16. The number of rotatable bonds is 1. The van der Waals surface area contributed by atoms with Crippen LogP contribution in [0, 0.1) is 0 Å². The van der Waals surface area contributed by atoms with Crippen molar-refractivity contribution in [3.05, 3.63) is 212 Å². The molecule has 0 saturated heterocycles. The van der Waals surface area contributed by atoms with E-state index in [1.807, 2.05) is 0 Å². The molecule has 1 nitrogen and oxygen atoms in total. The van der Waals surface area contributed by atoms with Crippen LogP contribution in [0.5, 0.6) is 0 Å². The van der Waals surface area contributed by atoms with Crippen LogP contribution in [0.15, 0.2) is 212 Å². The summed E-state index contributed by atoms with van der Waals surface area (Å²) in [5.41, 5.74) is 8.39. The summed E-state index contributed by atoms with van der Waals surface area (Å²) >= 11 is 0. The Bertz CT molecular complexity index is 3720. The van der Waals surface area contributed by atoms with E-state index in [1.54, 1.807) is 0 Å². The molecule has 13 rings (SSSR count). The first-order valence-corrected chi connectivity index (χ1v) is 20.5. The second kappa shape index (κ2) is 12.4. The Morgan fingerprint density at radius 2 is 0.661 bits per heavy atom. The molecule has 0 N–H and O–H groups in total. The Kier molecular flexibility index (Phi) is 6.79. The van der Waals surface area contributed by atoms with Gasteiger partial charge >= 0.3 is 0 Å². The Balaban J connectivity index is 1.29. The Morgan fingerprint density at radius 3 is 1.25 bits per heavy atom. The van der Waals surface area contributed by atoms with Gasteiger partial charge in [0.25, 0.3) is 0 Å². The summed E-state index contributed by atoms with van der Waals surface area (Å²) < 4.78 is 0. The summed E-state index contributed by atoms with van der Waals surface area (Å²) in [6, 6.07) is 79.4.